The van der Waals surface area contributed by atoms with Crippen LogP contribution in [0.25, 0.3) is 0 Å². The Hall–Kier alpha value is -2.13. The number of piperidine rings is 1. The van der Waals surface area contributed by atoms with E-state index in [2.05, 4.69) is 5.32 Å². The lowest BCUT2D eigenvalue weighted by molar-refractivity contribution is -0.142. The quantitative estimate of drug-likeness (QED) is 0.696. The fourth-order valence-corrected chi connectivity index (χ4v) is 5.90. The van der Waals surface area contributed by atoms with Crippen LogP contribution in [0.5, 0.6) is 5.75 Å². The van der Waals surface area contributed by atoms with E-state index in [4.69, 9.17) is 4.74 Å². The molecule has 1 unspecified atom stereocenters. The molecule has 0 bridgehead atoms. The number of hydrogen-bond acceptors (Lipinski definition) is 5. The normalized spacial score (nSPS) is 20.2. The number of likely N-dealkylation sites (tertiary alicyclic amines) is 1. The largest absolute Gasteiger partial charge is 0.492 e. The zero-order valence-corrected chi connectivity index (χ0v) is 20.3. The lowest BCUT2D eigenvalue weighted by atomic mass is 9.91. The third kappa shape index (κ3) is 5.43. The number of benzene rings is 1. The summed E-state index contributed by atoms with van der Waals surface area (Å²) in [6.07, 6.45) is 3.13. The van der Waals surface area contributed by atoms with E-state index >= 15 is 0 Å². The summed E-state index contributed by atoms with van der Waals surface area (Å²) in [6, 6.07) is 4.74. The second kappa shape index (κ2) is 9.79. The highest BCUT2D eigenvalue weighted by molar-refractivity contribution is 7.89. The van der Waals surface area contributed by atoms with E-state index in [-0.39, 0.29) is 28.4 Å². The fourth-order valence-electron chi connectivity index (χ4n) is 4.22. The number of amides is 2. The number of carbonyl (C=O) groups excluding carboxylic acids is 2. The molecule has 0 aromatic heterocycles. The molecule has 1 aromatic rings. The number of carbonyl (C=O) groups is 2. The maximum atomic E-state index is 13.2. The summed E-state index contributed by atoms with van der Waals surface area (Å²) < 4.78 is 33.4. The van der Waals surface area contributed by atoms with Crippen molar-refractivity contribution in [3.8, 4) is 5.75 Å². The molecule has 1 atom stereocenters. The Kier molecular flexibility index (Phi) is 7.50. The van der Waals surface area contributed by atoms with Gasteiger partial charge in [0.2, 0.25) is 21.8 Å². The summed E-state index contributed by atoms with van der Waals surface area (Å²) >= 11 is 0. The molecule has 2 aliphatic heterocycles. The fraction of sp³-hybridized carbons (Fsp3) is 0.652. The first-order valence-corrected chi connectivity index (χ1v) is 12.8. The highest BCUT2D eigenvalue weighted by atomic mass is 32.2. The average molecular weight is 466 g/mol. The van der Waals surface area contributed by atoms with Gasteiger partial charge in [-0.3, -0.25) is 9.59 Å². The predicted octanol–water partition coefficient (Wildman–Crippen LogP) is 3.09. The molecule has 1 aromatic carbocycles. The van der Waals surface area contributed by atoms with Crippen LogP contribution in [0.3, 0.4) is 0 Å². The van der Waals surface area contributed by atoms with Gasteiger partial charge >= 0.3 is 0 Å². The van der Waals surface area contributed by atoms with Crippen LogP contribution in [0.15, 0.2) is 23.1 Å². The molecule has 2 amide bonds. The van der Waals surface area contributed by atoms with Crippen molar-refractivity contribution in [2.75, 3.05) is 38.1 Å². The van der Waals surface area contributed by atoms with Gasteiger partial charge in [-0.1, -0.05) is 20.8 Å². The summed E-state index contributed by atoms with van der Waals surface area (Å²) in [7, 11) is -3.71. The molecule has 3 rings (SSSR count). The number of nitrogens with one attached hydrogen (secondary N) is 1. The van der Waals surface area contributed by atoms with Crippen molar-refractivity contribution in [2.24, 2.45) is 11.3 Å². The van der Waals surface area contributed by atoms with Crippen LogP contribution in [0.4, 0.5) is 5.69 Å². The summed E-state index contributed by atoms with van der Waals surface area (Å²) in [4.78, 5) is 27.4. The summed E-state index contributed by atoms with van der Waals surface area (Å²) in [6.45, 7) is 9.78. The van der Waals surface area contributed by atoms with Crippen LogP contribution < -0.4 is 10.1 Å². The Morgan fingerprint density at radius 3 is 2.44 bits per heavy atom. The molecule has 2 saturated heterocycles. The lowest BCUT2D eigenvalue weighted by Crippen LogP contribution is -2.47. The van der Waals surface area contributed by atoms with Crippen LogP contribution in [-0.4, -0.2) is 62.2 Å². The molecule has 1 N–H and O–H groups in total. The number of anilines is 1. The van der Waals surface area contributed by atoms with E-state index in [0.29, 0.717) is 44.9 Å². The highest BCUT2D eigenvalue weighted by Gasteiger charge is 2.34. The van der Waals surface area contributed by atoms with Crippen molar-refractivity contribution >= 4 is 27.5 Å². The van der Waals surface area contributed by atoms with Crippen molar-refractivity contribution in [2.45, 2.75) is 58.3 Å². The molecular weight excluding hydrogens is 430 g/mol. The molecule has 2 fully saturated rings. The van der Waals surface area contributed by atoms with Gasteiger partial charge in [0, 0.05) is 37.3 Å². The van der Waals surface area contributed by atoms with Crippen molar-refractivity contribution < 1.29 is 22.7 Å². The van der Waals surface area contributed by atoms with Crippen molar-refractivity contribution in [1.82, 2.24) is 9.21 Å². The minimum absolute atomic E-state index is 0.0371. The number of sulfonamides is 1. The van der Waals surface area contributed by atoms with E-state index in [9.17, 15) is 18.0 Å². The third-order valence-electron chi connectivity index (χ3n) is 5.91. The van der Waals surface area contributed by atoms with Crippen LogP contribution in [0.1, 0.15) is 53.4 Å². The Balaban J connectivity index is 1.78. The summed E-state index contributed by atoms with van der Waals surface area (Å²) in [5.41, 5.74) is -0.0812. The minimum atomic E-state index is -3.71. The first-order valence-electron chi connectivity index (χ1n) is 11.4. The first-order chi connectivity index (χ1) is 15.0. The molecule has 2 heterocycles. The van der Waals surface area contributed by atoms with Crippen LogP contribution in [0.2, 0.25) is 0 Å². The average Bonchev–Trinajstić information content (AvgIpc) is 3.29. The Bertz CT molecular complexity index is 949. The predicted molar refractivity (Wildman–Crippen MR) is 123 cm³/mol. The first kappa shape index (κ1) is 24.5. The summed E-state index contributed by atoms with van der Waals surface area (Å²) in [5, 5.41) is 2.87. The Morgan fingerprint density at radius 2 is 1.81 bits per heavy atom. The van der Waals surface area contributed by atoms with Gasteiger partial charge in [-0.25, -0.2) is 8.42 Å². The third-order valence-corrected chi connectivity index (χ3v) is 7.83. The molecule has 2 aliphatic rings. The van der Waals surface area contributed by atoms with Gasteiger partial charge in [-0.05, 0) is 50.8 Å². The number of nitrogens with zero attached hydrogens (tertiary/aromatic N) is 2. The Morgan fingerprint density at radius 1 is 1.12 bits per heavy atom. The van der Waals surface area contributed by atoms with E-state index in [1.807, 2.05) is 20.8 Å². The van der Waals surface area contributed by atoms with Crippen LogP contribution in [-0.2, 0) is 19.6 Å². The standard InChI is InChI=1S/C23H35N3O5S/c1-5-31-19-11-10-18(15-20(19)32(29,30)26-13-6-7-14-26)24-21(27)17-9-8-12-25(16-17)22(28)23(2,3)4/h10-11,15,17H,5-9,12-14,16H2,1-4H3,(H,24,27). The van der Waals surface area contributed by atoms with Crippen LogP contribution in [0, 0.1) is 11.3 Å². The molecule has 32 heavy (non-hydrogen) atoms. The molecule has 8 nitrogen and oxygen atoms in total. The molecular formula is C23H35N3O5S. The van der Waals surface area contributed by atoms with E-state index in [0.717, 1.165) is 19.3 Å². The number of rotatable bonds is 6. The molecule has 178 valence electrons. The summed E-state index contributed by atoms with van der Waals surface area (Å²) in [5.74, 6) is -0.211. The monoisotopic (exact) mass is 465 g/mol. The maximum absolute atomic E-state index is 13.2. The maximum Gasteiger partial charge on any atom is 0.246 e. The molecule has 0 saturated carbocycles. The molecule has 0 radical (unpaired) electrons. The smallest absolute Gasteiger partial charge is 0.246 e. The molecule has 0 aliphatic carbocycles. The second-order valence-electron chi connectivity index (χ2n) is 9.54. The van der Waals surface area contributed by atoms with Gasteiger partial charge in [0.25, 0.3) is 0 Å². The van der Waals surface area contributed by atoms with Gasteiger partial charge in [0.1, 0.15) is 10.6 Å². The molecule has 9 heteroatoms. The molecule has 0 spiro atoms. The van der Waals surface area contributed by atoms with Crippen molar-refractivity contribution in [1.29, 1.82) is 0 Å². The second-order valence-corrected chi connectivity index (χ2v) is 11.4. The topological polar surface area (TPSA) is 96.0 Å². The van der Waals surface area contributed by atoms with E-state index in [1.165, 1.54) is 10.4 Å². The number of hydrogen-bond donors (Lipinski definition) is 1. The lowest BCUT2D eigenvalue weighted by Gasteiger charge is -2.35. The van der Waals surface area contributed by atoms with Gasteiger partial charge in [-0.2, -0.15) is 4.31 Å². The minimum Gasteiger partial charge on any atom is -0.492 e. The van der Waals surface area contributed by atoms with Gasteiger partial charge in [0.15, 0.2) is 0 Å². The van der Waals surface area contributed by atoms with Crippen LogP contribution >= 0.6 is 0 Å². The zero-order valence-electron chi connectivity index (χ0n) is 19.5. The van der Waals surface area contributed by atoms with Gasteiger partial charge in [0.05, 0.1) is 12.5 Å². The SMILES string of the molecule is CCOc1ccc(NC(=O)C2CCCN(C(=O)C(C)(C)C)C2)cc1S(=O)(=O)N1CCCC1. The zero-order chi connectivity index (χ0) is 23.5. The Labute approximate surface area is 191 Å². The van der Waals surface area contributed by atoms with E-state index in [1.54, 1.807) is 24.0 Å². The van der Waals surface area contributed by atoms with Crippen molar-refractivity contribution in [3.63, 3.8) is 0 Å². The van der Waals surface area contributed by atoms with Gasteiger partial charge < -0.3 is 15.0 Å². The van der Waals surface area contributed by atoms with E-state index < -0.39 is 15.4 Å². The number of ether oxygens (including phenoxy) is 1. The highest BCUT2D eigenvalue weighted by Crippen LogP contribution is 2.32. The van der Waals surface area contributed by atoms with Crippen molar-refractivity contribution in [3.05, 3.63) is 18.2 Å². The van der Waals surface area contributed by atoms with Gasteiger partial charge in [-0.15, -0.1) is 0 Å².